The first-order valence-electron chi connectivity index (χ1n) is 9.14. The van der Waals surface area contributed by atoms with E-state index in [2.05, 4.69) is 11.9 Å². The summed E-state index contributed by atoms with van der Waals surface area (Å²) in [4.78, 5) is 19.2. The van der Waals surface area contributed by atoms with Crippen molar-refractivity contribution in [3.8, 4) is 0 Å². The fourth-order valence-corrected chi connectivity index (χ4v) is 3.67. The Kier molecular flexibility index (Phi) is 5.07. The number of nitrogens with zero attached hydrogens (tertiary/aromatic N) is 3. The number of unbranched alkanes of at least 4 members (excludes halogenated alkanes) is 1. The van der Waals surface area contributed by atoms with Crippen LogP contribution < -0.4 is 5.73 Å². The van der Waals surface area contributed by atoms with Crippen molar-refractivity contribution in [2.75, 3.05) is 12.8 Å². The van der Waals surface area contributed by atoms with Crippen LogP contribution in [-0.2, 0) is 6.54 Å². The van der Waals surface area contributed by atoms with E-state index in [1.165, 1.54) is 19.3 Å². The second kappa shape index (κ2) is 7.24. The maximum absolute atomic E-state index is 12.8. The summed E-state index contributed by atoms with van der Waals surface area (Å²) in [6, 6.07) is 6.15. The molecule has 1 aliphatic rings. The van der Waals surface area contributed by atoms with Crippen LogP contribution >= 0.6 is 0 Å². The Balaban J connectivity index is 1.83. The number of nitrogens with two attached hydrogens (primary N) is 1. The van der Waals surface area contributed by atoms with Gasteiger partial charge in [0.1, 0.15) is 0 Å². The van der Waals surface area contributed by atoms with Gasteiger partial charge in [-0.2, -0.15) is 0 Å². The van der Waals surface area contributed by atoms with Gasteiger partial charge in [0.25, 0.3) is 5.91 Å². The minimum atomic E-state index is 0.0884. The molecule has 130 valence electrons. The Morgan fingerprint density at radius 3 is 2.79 bits per heavy atom. The molecule has 5 nitrogen and oxygen atoms in total. The van der Waals surface area contributed by atoms with Crippen molar-refractivity contribution >= 4 is 22.9 Å². The number of imidazole rings is 1. The highest BCUT2D eigenvalue weighted by Crippen LogP contribution is 2.25. The van der Waals surface area contributed by atoms with Crippen molar-refractivity contribution in [3.63, 3.8) is 0 Å². The molecule has 0 atom stereocenters. The van der Waals surface area contributed by atoms with Crippen LogP contribution in [0.15, 0.2) is 18.2 Å². The average Bonchev–Trinajstić information content (AvgIpc) is 2.93. The molecule has 0 bridgehead atoms. The molecule has 1 fully saturated rings. The Labute approximate surface area is 143 Å². The van der Waals surface area contributed by atoms with Crippen molar-refractivity contribution in [1.82, 2.24) is 14.5 Å². The third-order valence-corrected chi connectivity index (χ3v) is 5.20. The number of hydrogen-bond acceptors (Lipinski definition) is 3. The second-order valence-electron chi connectivity index (χ2n) is 6.89. The Hall–Kier alpha value is -2.04. The molecule has 0 saturated heterocycles. The second-order valence-corrected chi connectivity index (χ2v) is 6.89. The molecule has 0 unspecified atom stereocenters. The van der Waals surface area contributed by atoms with E-state index in [0.29, 0.717) is 17.6 Å². The predicted molar refractivity (Wildman–Crippen MR) is 98.0 cm³/mol. The third-order valence-electron chi connectivity index (χ3n) is 5.20. The predicted octanol–water partition coefficient (Wildman–Crippen LogP) is 3.82. The van der Waals surface area contributed by atoms with Gasteiger partial charge in [-0.1, -0.05) is 32.6 Å². The van der Waals surface area contributed by atoms with Crippen LogP contribution in [0.3, 0.4) is 0 Å². The Morgan fingerprint density at radius 2 is 2.08 bits per heavy atom. The van der Waals surface area contributed by atoms with E-state index in [1.807, 2.05) is 34.7 Å². The molecular weight excluding hydrogens is 300 g/mol. The lowest BCUT2D eigenvalue weighted by atomic mass is 9.94. The molecule has 2 aromatic rings. The van der Waals surface area contributed by atoms with E-state index in [0.717, 1.165) is 43.3 Å². The van der Waals surface area contributed by atoms with Gasteiger partial charge in [-0.05, 0) is 37.5 Å². The van der Waals surface area contributed by atoms with Crippen molar-refractivity contribution in [3.05, 3.63) is 23.8 Å². The summed E-state index contributed by atoms with van der Waals surface area (Å²) in [5, 5.41) is 0. The Morgan fingerprint density at radius 1 is 1.33 bits per heavy atom. The number of amides is 1. The quantitative estimate of drug-likeness (QED) is 0.907. The number of carbonyl (C=O) groups is 1. The highest BCUT2D eigenvalue weighted by Gasteiger charge is 2.23. The van der Waals surface area contributed by atoms with E-state index in [9.17, 15) is 4.79 Å². The highest BCUT2D eigenvalue weighted by atomic mass is 16.2. The lowest BCUT2D eigenvalue weighted by Crippen LogP contribution is -2.38. The van der Waals surface area contributed by atoms with Gasteiger partial charge in [0.05, 0.1) is 11.0 Å². The van der Waals surface area contributed by atoms with Gasteiger partial charge < -0.3 is 15.2 Å². The van der Waals surface area contributed by atoms with Gasteiger partial charge in [-0.25, -0.2) is 4.98 Å². The molecule has 5 heteroatoms. The van der Waals surface area contributed by atoms with E-state index in [-0.39, 0.29) is 5.91 Å². The van der Waals surface area contributed by atoms with Gasteiger partial charge in [0.2, 0.25) is 5.95 Å². The first-order valence-corrected chi connectivity index (χ1v) is 9.14. The maximum atomic E-state index is 12.8. The maximum Gasteiger partial charge on any atom is 0.253 e. The van der Waals surface area contributed by atoms with Gasteiger partial charge in [0, 0.05) is 25.2 Å². The van der Waals surface area contributed by atoms with E-state index >= 15 is 0 Å². The lowest BCUT2D eigenvalue weighted by Gasteiger charge is -2.31. The summed E-state index contributed by atoms with van der Waals surface area (Å²) < 4.78 is 2.04. The number of aryl methyl sites for hydroxylation is 1. The molecule has 0 radical (unpaired) electrons. The molecule has 1 aromatic carbocycles. The van der Waals surface area contributed by atoms with Crippen LogP contribution in [0.1, 0.15) is 62.2 Å². The zero-order valence-electron chi connectivity index (χ0n) is 14.8. The summed E-state index contributed by atoms with van der Waals surface area (Å²) in [6.45, 7) is 3.03. The highest BCUT2D eigenvalue weighted by molar-refractivity contribution is 5.97. The first-order chi connectivity index (χ1) is 11.6. The molecule has 0 spiro atoms. The minimum absolute atomic E-state index is 0.0884. The largest absolute Gasteiger partial charge is 0.369 e. The summed E-state index contributed by atoms with van der Waals surface area (Å²) in [6.07, 6.45) is 8.15. The molecule has 1 amide bonds. The standard InChI is InChI=1S/C19H28N4O/c1-3-4-12-23-17-11-10-14(13-16(17)21-19(23)20)18(24)22(2)15-8-6-5-7-9-15/h10-11,13,15H,3-9,12H2,1-2H3,(H2,20,21). The average molecular weight is 328 g/mol. The SMILES string of the molecule is CCCCn1c(N)nc2cc(C(=O)N(C)C3CCCCC3)ccc21. The smallest absolute Gasteiger partial charge is 0.253 e. The molecule has 24 heavy (non-hydrogen) atoms. The van der Waals surface area contributed by atoms with Crippen molar-refractivity contribution in [2.45, 2.75) is 64.5 Å². The van der Waals surface area contributed by atoms with Crippen LogP contribution in [0.5, 0.6) is 0 Å². The van der Waals surface area contributed by atoms with E-state index in [4.69, 9.17) is 5.73 Å². The number of benzene rings is 1. The molecule has 1 saturated carbocycles. The fourth-order valence-electron chi connectivity index (χ4n) is 3.67. The van der Waals surface area contributed by atoms with E-state index < -0.39 is 0 Å². The summed E-state index contributed by atoms with van der Waals surface area (Å²) in [5.74, 6) is 0.620. The number of carbonyl (C=O) groups excluding carboxylic acids is 1. The summed E-state index contributed by atoms with van der Waals surface area (Å²) in [7, 11) is 1.93. The van der Waals surface area contributed by atoms with Crippen molar-refractivity contribution in [1.29, 1.82) is 0 Å². The van der Waals surface area contributed by atoms with Crippen molar-refractivity contribution in [2.24, 2.45) is 0 Å². The molecular formula is C19H28N4O. The van der Waals surface area contributed by atoms with Crippen LogP contribution in [0.2, 0.25) is 0 Å². The van der Waals surface area contributed by atoms with E-state index in [1.54, 1.807) is 0 Å². The third kappa shape index (κ3) is 3.25. The first kappa shape index (κ1) is 16.8. The minimum Gasteiger partial charge on any atom is -0.369 e. The van der Waals surface area contributed by atoms with Crippen LogP contribution in [0.4, 0.5) is 5.95 Å². The number of aromatic nitrogens is 2. The number of anilines is 1. The van der Waals surface area contributed by atoms with Crippen LogP contribution in [-0.4, -0.2) is 33.4 Å². The van der Waals surface area contributed by atoms with Crippen molar-refractivity contribution < 1.29 is 4.79 Å². The van der Waals surface area contributed by atoms with Gasteiger partial charge >= 0.3 is 0 Å². The van der Waals surface area contributed by atoms with Crippen LogP contribution in [0, 0.1) is 0 Å². The molecule has 3 rings (SSSR count). The normalized spacial score (nSPS) is 15.8. The summed E-state index contributed by atoms with van der Waals surface area (Å²) >= 11 is 0. The van der Waals surface area contributed by atoms with Gasteiger partial charge in [-0.3, -0.25) is 4.79 Å². The number of fused-ring (bicyclic) bond motifs is 1. The zero-order chi connectivity index (χ0) is 17.1. The number of hydrogen-bond donors (Lipinski definition) is 1. The summed E-state index contributed by atoms with van der Waals surface area (Å²) in [5.41, 5.74) is 8.58. The molecule has 1 aromatic heterocycles. The fraction of sp³-hybridized carbons (Fsp3) is 0.579. The monoisotopic (exact) mass is 328 g/mol. The molecule has 2 N–H and O–H groups in total. The lowest BCUT2D eigenvalue weighted by molar-refractivity contribution is 0.0696. The van der Waals surface area contributed by atoms with Gasteiger partial charge in [0.15, 0.2) is 0 Å². The Bertz CT molecular complexity index is 715. The molecule has 1 aliphatic carbocycles. The topological polar surface area (TPSA) is 64.2 Å². The zero-order valence-corrected chi connectivity index (χ0v) is 14.8. The van der Waals surface area contributed by atoms with Gasteiger partial charge in [-0.15, -0.1) is 0 Å². The molecule has 0 aliphatic heterocycles. The van der Waals surface area contributed by atoms with Crippen LogP contribution in [0.25, 0.3) is 11.0 Å². The molecule has 1 heterocycles. The number of nitrogen functional groups attached to an aromatic ring is 1. The number of rotatable bonds is 5.